The van der Waals surface area contributed by atoms with Gasteiger partial charge < -0.3 is 5.32 Å². The Morgan fingerprint density at radius 3 is 2.53 bits per heavy atom. The molecule has 0 aromatic carbocycles. The van der Waals surface area contributed by atoms with E-state index in [1.54, 1.807) is 0 Å². The Morgan fingerprint density at radius 1 is 1.26 bits per heavy atom. The van der Waals surface area contributed by atoms with Crippen LogP contribution in [0.25, 0.3) is 0 Å². The lowest BCUT2D eigenvalue weighted by Crippen LogP contribution is -2.37. The molecule has 110 valence electrons. The summed E-state index contributed by atoms with van der Waals surface area (Å²) in [6.45, 7) is 13.2. The van der Waals surface area contributed by atoms with Crippen molar-refractivity contribution in [2.24, 2.45) is 5.92 Å². The Morgan fingerprint density at radius 2 is 2.00 bits per heavy atom. The molecule has 0 saturated heterocycles. The molecule has 0 aliphatic heterocycles. The van der Waals surface area contributed by atoms with Gasteiger partial charge in [-0.25, -0.2) is 0 Å². The molecule has 1 rings (SSSR count). The lowest BCUT2D eigenvalue weighted by Gasteiger charge is -2.24. The molecule has 2 unspecified atom stereocenters. The molecule has 0 spiro atoms. The van der Waals surface area contributed by atoms with Crippen LogP contribution >= 0.6 is 0 Å². The summed E-state index contributed by atoms with van der Waals surface area (Å²) in [5.74, 6) is 0.718. The highest BCUT2D eigenvalue weighted by molar-refractivity contribution is 5.12. The minimum absolute atomic E-state index is 0.566. The van der Waals surface area contributed by atoms with Crippen molar-refractivity contribution < 1.29 is 0 Å². The number of nitrogens with zero attached hydrogens (tertiary/aromatic N) is 2. The highest BCUT2D eigenvalue weighted by atomic mass is 15.3. The summed E-state index contributed by atoms with van der Waals surface area (Å²) < 4.78 is 2.17. The largest absolute Gasteiger partial charge is 0.314 e. The number of hydrogen-bond donors (Lipinski definition) is 1. The van der Waals surface area contributed by atoms with E-state index in [1.807, 2.05) is 0 Å². The predicted molar refractivity (Wildman–Crippen MR) is 82.5 cm³/mol. The van der Waals surface area contributed by atoms with Gasteiger partial charge in [-0.2, -0.15) is 5.10 Å². The third kappa shape index (κ3) is 4.64. The second kappa shape index (κ2) is 8.36. The summed E-state index contributed by atoms with van der Waals surface area (Å²) in [7, 11) is 0. The SMILES string of the molecule is CCCC(C)C(Cc1cc(CC)nn1CC)NCC. The first-order valence-corrected chi connectivity index (χ1v) is 7.95. The fourth-order valence-electron chi connectivity index (χ4n) is 2.74. The molecule has 0 bridgehead atoms. The highest BCUT2D eigenvalue weighted by Gasteiger charge is 2.18. The minimum atomic E-state index is 0.566. The van der Waals surface area contributed by atoms with Crippen molar-refractivity contribution in [3.8, 4) is 0 Å². The second-order valence-electron chi connectivity index (χ2n) is 5.43. The van der Waals surface area contributed by atoms with E-state index in [2.05, 4.69) is 55.8 Å². The van der Waals surface area contributed by atoms with Gasteiger partial charge >= 0.3 is 0 Å². The normalized spacial score (nSPS) is 14.6. The average molecular weight is 265 g/mol. The van der Waals surface area contributed by atoms with Crippen LogP contribution in [0, 0.1) is 5.92 Å². The zero-order valence-corrected chi connectivity index (χ0v) is 13.4. The molecule has 0 amide bonds. The van der Waals surface area contributed by atoms with Gasteiger partial charge in [-0.15, -0.1) is 0 Å². The molecule has 0 aliphatic rings. The fourth-order valence-corrected chi connectivity index (χ4v) is 2.74. The topological polar surface area (TPSA) is 29.9 Å². The van der Waals surface area contributed by atoms with E-state index < -0.39 is 0 Å². The summed E-state index contributed by atoms with van der Waals surface area (Å²) in [5, 5.41) is 8.31. The smallest absolute Gasteiger partial charge is 0.0624 e. The lowest BCUT2D eigenvalue weighted by molar-refractivity contribution is 0.351. The summed E-state index contributed by atoms with van der Waals surface area (Å²) in [6.07, 6.45) is 4.67. The average Bonchev–Trinajstić information content (AvgIpc) is 2.80. The van der Waals surface area contributed by atoms with Crippen LogP contribution in [0.15, 0.2) is 6.07 Å². The predicted octanol–water partition coefficient (Wildman–Crippen LogP) is 3.42. The zero-order valence-electron chi connectivity index (χ0n) is 13.4. The van der Waals surface area contributed by atoms with E-state index in [0.717, 1.165) is 31.8 Å². The molecule has 1 aromatic heterocycles. The number of aryl methyl sites for hydroxylation is 2. The van der Waals surface area contributed by atoms with E-state index >= 15 is 0 Å². The molecule has 3 heteroatoms. The maximum Gasteiger partial charge on any atom is 0.0624 e. The Labute approximate surface area is 118 Å². The maximum absolute atomic E-state index is 4.65. The Balaban J connectivity index is 2.79. The van der Waals surface area contributed by atoms with Gasteiger partial charge in [0.25, 0.3) is 0 Å². The van der Waals surface area contributed by atoms with E-state index in [9.17, 15) is 0 Å². The van der Waals surface area contributed by atoms with Crippen molar-refractivity contribution in [2.75, 3.05) is 6.54 Å². The summed E-state index contributed by atoms with van der Waals surface area (Å²) >= 11 is 0. The number of nitrogens with one attached hydrogen (secondary N) is 1. The number of likely N-dealkylation sites (N-methyl/N-ethyl adjacent to an activating group) is 1. The zero-order chi connectivity index (χ0) is 14.3. The van der Waals surface area contributed by atoms with Gasteiger partial charge in [-0.3, -0.25) is 4.68 Å². The van der Waals surface area contributed by atoms with Crippen molar-refractivity contribution in [1.29, 1.82) is 0 Å². The van der Waals surface area contributed by atoms with E-state index in [4.69, 9.17) is 0 Å². The van der Waals surface area contributed by atoms with Crippen molar-refractivity contribution in [3.05, 3.63) is 17.5 Å². The summed E-state index contributed by atoms with van der Waals surface area (Å²) in [4.78, 5) is 0. The molecule has 1 aromatic rings. The quantitative estimate of drug-likeness (QED) is 0.741. The highest BCUT2D eigenvalue weighted by Crippen LogP contribution is 2.16. The first kappa shape index (κ1) is 16.2. The van der Waals surface area contributed by atoms with Crippen LogP contribution in [0.1, 0.15) is 58.8 Å². The van der Waals surface area contributed by atoms with Gasteiger partial charge in [0.2, 0.25) is 0 Å². The number of rotatable bonds is 9. The van der Waals surface area contributed by atoms with E-state index in [1.165, 1.54) is 24.2 Å². The molecule has 0 saturated carbocycles. The molecule has 1 N–H and O–H groups in total. The lowest BCUT2D eigenvalue weighted by atomic mass is 9.93. The molecule has 0 radical (unpaired) electrons. The third-order valence-electron chi connectivity index (χ3n) is 3.90. The van der Waals surface area contributed by atoms with Crippen LogP contribution < -0.4 is 5.32 Å². The van der Waals surface area contributed by atoms with Gasteiger partial charge in [0.05, 0.1) is 5.69 Å². The summed E-state index contributed by atoms with van der Waals surface area (Å²) in [5.41, 5.74) is 2.60. The van der Waals surface area contributed by atoms with E-state index in [0.29, 0.717) is 6.04 Å². The number of hydrogen-bond acceptors (Lipinski definition) is 2. The van der Waals surface area contributed by atoms with Crippen LogP contribution in [0.2, 0.25) is 0 Å². The van der Waals surface area contributed by atoms with E-state index in [-0.39, 0.29) is 0 Å². The molecule has 3 nitrogen and oxygen atoms in total. The number of aromatic nitrogens is 2. The van der Waals surface area contributed by atoms with Crippen LogP contribution in [0.3, 0.4) is 0 Å². The Kier molecular flexibility index (Phi) is 7.14. The van der Waals surface area contributed by atoms with Crippen LogP contribution in [-0.2, 0) is 19.4 Å². The molecule has 1 heterocycles. The van der Waals surface area contributed by atoms with Gasteiger partial charge in [-0.05, 0) is 38.3 Å². The maximum atomic E-state index is 4.65. The van der Waals surface area contributed by atoms with Crippen LogP contribution in [0.5, 0.6) is 0 Å². The molecule has 19 heavy (non-hydrogen) atoms. The summed E-state index contributed by atoms with van der Waals surface area (Å²) in [6, 6.07) is 2.85. The monoisotopic (exact) mass is 265 g/mol. The van der Waals surface area contributed by atoms with Crippen LogP contribution in [-0.4, -0.2) is 22.4 Å². The van der Waals surface area contributed by atoms with Gasteiger partial charge in [-0.1, -0.05) is 34.1 Å². The fraction of sp³-hybridized carbons (Fsp3) is 0.812. The van der Waals surface area contributed by atoms with Gasteiger partial charge in [0.15, 0.2) is 0 Å². The van der Waals surface area contributed by atoms with Crippen molar-refractivity contribution in [3.63, 3.8) is 0 Å². The van der Waals surface area contributed by atoms with Crippen LogP contribution in [0.4, 0.5) is 0 Å². The van der Waals surface area contributed by atoms with Crippen molar-refractivity contribution in [1.82, 2.24) is 15.1 Å². The van der Waals surface area contributed by atoms with Gasteiger partial charge in [0.1, 0.15) is 0 Å². The van der Waals surface area contributed by atoms with Crippen molar-refractivity contribution in [2.45, 2.75) is 72.9 Å². The van der Waals surface area contributed by atoms with Crippen molar-refractivity contribution >= 4 is 0 Å². The molecule has 0 aliphatic carbocycles. The van der Waals surface area contributed by atoms with Gasteiger partial charge in [0, 0.05) is 24.7 Å². The molecular formula is C16H31N3. The Hall–Kier alpha value is -0.830. The third-order valence-corrected chi connectivity index (χ3v) is 3.90. The first-order chi connectivity index (χ1) is 9.15. The molecule has 0 fully saturated rings. The standard InChI is InChI=1S/C16H31N3/c1-6-10-13(5)16(17-8-3)12-15-11-14(7-2)18-19(15)9-4/h11,13,16-17H,6-10,12H2,1-5H3. The first-order valence-electron chi connectivity index (χ1n) is 7.95. The minimum Gasteiger partial charge on any atom is -0.314 e. The second-order valence-corrected chi connectivity index (χ2v) is 5.43. The molecule has 2 atom stereocenters. The Bertz CT molecular complexity index is 357. The molecular weight excluding hydrogens is 234 g/mol.